The highest BCUT2D eigenvalue weighted by Crippen LogP contribution is 2.15. The molecule has 1 saturated heterocycles. The first-order valence-electron chi connectivity index (χ1n) is 9.19. The second-order valence-corrected chi connectivity index (χ2v) is 7.22. The van der Waals surface area contributed by atoms with E-state index >= 15 is 0 Å². The standard InChI is InChI=1S/C21H24ClN3O2/c22-18-8-6-16(7-9-18)14-25-13-11-19(15-25)24-20(26)10-12-23-21(27)17-4-2-1-3-5-17/h1-9,19H,10-15H2,(H,23,27)(H,24,26). The second-order valence-electron chi connectivity index (χ2n) is 6.79. The number of hydrogen-bond acceptors (Lipinski definition) is 3. The predicted octanol–water partition coefficient (Wildman–Crippen LogP) is 2.85. The molecular weight excluding hydrogens is 362 g/mol. The Morgan fingerprint density at radius 2 is 1.81 bits per heavy atom. The summed E-state index contributed by atoms with van der Waals surface area (Å²) in [5.74, 6) is -0.180. The first-order chi connectivity index (χ1) is 13.1. The molecule has 1 heterocycles. The van der Waals surface area contributed by atoms with Gasteiger partial charge in [0.1, 0.15) is 0 Å². The van der Waals surface area contributed by atoms with Crippen LogP contribution < -0.4 is 10.6 Å². The molecule has 2 amide bonds. The highest BCUT2D eigenvalue weighted by molar-refractivity contribution is 6.30. The van der Waals surface area contributed by atoms with Crippen molar-refractivity contribution in [1.82, 2.24) is 15.5 Å². The van der Waals surface area contributed by atoms with Crippen LogP contribution in [0, 0.1) is 0 Å². The molecule has 2 aromatic rings. The Morgan fingerprint density at radius 1 is 1.07 bits per heavy atom. The van der Waals surface area contributed by atoms with Gasteiger partial charge >= 0.3 is 0 Å². The highest BCUT2D eigenvalue weighted by Gasteiger charge is 2.23. The van der Waals surface area contributed by atoms with Gasteiger partial charge in [-0.15, -0.1) is 0 Å². The summed E-state index contributed by atoms with van der Waals surface area (Å²) in [6.45, 7) is 2.99. The molecule has 2 aromatic carbocycles. The molecule has 2 N–H and O–H groups in total. The zero-order valence-corrected chi connectivity index (χ0v) is 15.9. The second kappa shape index (κ2) is 9.53. The van der Waals surface area contributed by atoms with E-state index in [1.807, 2.05) is 42.5 Å². The van der Waals surface area contributed by atoms with Crippen LogP contribution in [0.15, 0.2) is 54.6 Å². The minimum absolute atomic E-state index is 0.0262. The minimum atomic E-state index is -0.154. The van der Waals surface area contributed by atoms with Crippen LogP contribution in [0.2, 0.25) is 5.02 Å². The average Bonchev–Trinajstić information content (AvgIpc) is 3.11. The molecule has 0 aliphatic carbocycles. The molecule has 1 aliphatic heterocycles. The summed E-state index contributed by atoms with van der Waals surface area (Å²) in [4.78, 5) is 26.4. The molecule has 142 valence electrons. The van der Waals surface area contributed by atoms with Gasteiger partial charge in [-0.1, -0.05) is 41.9 Å². The van der Waals surface area contributed by atoms with Crippen molar-refractivity contribution in [3.63, 3.8) is 0 Å². The minimum Gasteiger partial charge on any atom is -0.352 e. The van der Waals surface area contributed by atoms with Crippen LogP contribution in [-0.2, 0) is 11.3 Å². The molecule has 0 radical (unpaired) electrons. The van der Waals surface area contributed by atoms with Crippen LogP contribution >= 0.6 is 11.6 Å². The van der Waals surface area contributed by atoms with Gasteiger partial charge in [0.15, 0.2) is 0 Å². The summed E-state index contributed by atoms with van der Waals surface area (Å²) in [6.07, 6.45) is 1.22. The number of halogens is 1. The van der Waals surface area contributed by atoms with Crippen LogP contribution in [0.3, 0.4) is 0 Å². The molecule has 1 atom stereocenters. The zero-order valence-electron chi connectivity index (χ0n) is 15.2. The van der Waals surface area contributed by atoms with E-state index < -0.39 is 0 Å². The molecule has 6 heteroatoms. The fraction of sp³-hybridized carbons (Fsp3) is 0.333. The van der Waals surface area contributed by atoms with Crippen LogP contribution in [0.1, 0.15) is 28.8 Å². The molecule has 1 aliphatic rings. The lowest BCUT2D eigenvalue weighted by Crippen LogP contribution is -2.38. The fourth-order valence-corrected chi connectivity index (χ4v) is 3.35. The van der Waals surface area contributed by atoms with Gasteiger partial charge in [0, 0.05) is 49.2 Å². The molecule has 3 rings (SSSR count). The van der Waals surface area contributed by atoms with E-state index in [4.69, 9.17) is 11.6 Å². The van der Waals surface area contributed by atoms with E-state index in [0.717, 1.165) is 31.1 Å². The molecule has 1 unspecified atom stereocenters. The summed E-state index contributed by atoms with van der Waals surface area (Å²) < 4.78 is 0. The lowest BCUT2D eigenvalue weighted by molar-refractivity contribution is -0.121. The van der Waals surface area contributed by atoms with E-state index in [9.17, 15) is 9.59 Å². The number of carbonyl (C=O) groups excluding carboxylic acids is 2. The number of amides is 2. The molecule has 27 heavy (non-hydrogen) atoms. The quantitative estimate of drug-likeness (QED) is 0.770. The highest BCUT2D eigenvalue weighted by atomic mass is 35.5. The SMILES string of the molecule is O=C(CCNC(=O)c1ccccc1)NC1CCN(Cc2ccc(Cl)cc2)C1. The van der Waals surface area contributed by atoms with Crippen molar-refractivity contribution >= 4 is 23.4 Å². The predicted molar refractivity (Wildman–Crippen MR) is 107 cm³/mol. The van der Waals surface area contributed by atoms with E-state index in [0.29, 0.717) is 12.1 Å². The summed E-state index contributed by atoms with van der Waals surface area (Å²) in [6, 6.07) is 17.0. The Kier molecular flexibility index (Phi) is 6.85. The van der Waals surface area contributed by atoms with Gasteiger partial charge in [0.25, 0.3) is 5.91 Å². The van der Waals surface area contributed by atoms with Crippen LogP contribution in [0.25, 0.3) is 0 Å². The molecule has 0 aromatic heterocycles. The largest absolute Gasteiger partial charge is 0.352 e. The van der Waals surface area contributed by atoms with Crippen molar-refractivity contribution in [2.45, 2.75) is 25.4 Å². The smallest absolute Gasteiger partial charge is 0.251 e. The molecule has 0 spiro atoms. The van der Waals surface area contributed by atoms with E-state index in [-0.39, 0.29) is 24.3 Å². The summed E-state index contributed by atoms with van der Waals surface area (Å²) in [7, 11) is 0. The molecule has 0 saturated carbocycles. The van der Waals surface area contributed by atoms with E-state index in [1.54, 1.807) is 12.1 Å². The van der Waals surface area contributed by atoms with Gasteiger partial charge in [-0.25, -0.2) is 0 Å². The lowest BCUT2D eigenvalue weighted by atomic mass is 10.2. The fourth-order valence-electron chi connectivity index (χ4n) is 3.22. The lowest BCUT2D eigenvalue weighted by Gasteiger charge is -2.17. The summed E-state index contributed by atoms with van der Waals surface area (Å²) >= 11 is 5.92. The maximum Gasteiger partial charge on any atom is 0.251 e. The van der Waals surface area contributed by atoms with Gasteiger partial charge in [-0.2, -0.15) is 0 Å². The monoisotopic (exact) mass is 385 g/mol. The van der Waals surface area contributed by atoms with Gasteiger partial charge in [0.2, 0.25) is 5.91 Å². The van der Waals surface area contributed by atoms with Crippen molar-refractivity contribution in [3.05, 3.63) is 70.7 Å². The van der Waals surface area contributed by atoms with Gasteiger partial charge < -0.3 is 10.6 Å². The van der Waals surface area contributed by atoms with E-state index in [1.165, 1.54) is 5.56 Å². The number of nitrogens with zero attached hydrogens (tertiary/aromatic N) is 1. The van der Waals surface area contributed by atoms with Crippen molar-refractivity contribution in [1.29, 1.82) is 0 Å². The number of hydrogen-bond donors (Lipinski definition) is 2. The number of likely N-dealkylation sites (tertiary alicyclic amines) is 1. The number of nitrogens with one attached hydrogen (secondary N) is 2. The first kappa shape index (κ1) is 19.4. The molecular formula is C21H24ClN3O2. The normalized spacial score (nSPS) is 16.9. The van der Waals surface area contributed by atoms with E-state index in [2.05, 4.69) is 15.5 Å². The Morgan fingerprint density at radius 3 is 2.56 bits per heavy atom. The van der Waals surface area contributed by atoms with Crippen molar-refractivity contribution in [2.24, 2.45) is 0 Å². The van der Waals surface area contributed by atoms with Crippen LogP contribution in [-0.4, -0.2) is 42.4 Å². The number of carbonyl (C=O) groups is 2. The third kappa shape index (κ3) is 6.08. The van der Waals surface area contributed by atoms with Crippen LogP contribution in [0.4, 0.5) is 0 Å². The maximum atomic E-state index is 12.1. The Hall–Kier alpha value is -2.37. The molecule has 5 nitrogen and oxygen atoms in total. The third-order valence-electron chi connectivity index (χ3n) is 4.63. The van der Waals surface area contributed by atoms with Crippen molar-refractivity contribution < 1.29 is 9.59 Å². The number of rotatable bonds is 7. The van der Waals surface area contributed by atoms with Crippen molar-refractivity contribution in [3.8, 4) is 0 Å². The zero-order chi connectivity index (χ0) is 19.1. The molecule has 0 bridgehead atoms. The first-order valence-corrected chi connectivity index (χ1v) is 9.57. The van der Waals surface area contributed by atoms with Crippen LogP contribution in [0.5, 0.6) is 0 Å². The van der Waals surface area contributed by atoms with Gasteiger partial charge in [-0.3, -0.25) is 14.5 Å². The topological polar surface area (TPSA) is 61.4 Å². The van der Waals surface area contributed by atoms with Crippen molar-refractivity contribution in [2.75, 3.05) is 19.6 Å². The maximum absolute atomic E-state index is 12.1. The van der Waals surface area contributed by atoms with Gasteiger partial charge in [-0.05, 0) is 36.2 Å². The summed E-state index contributed by atoms with van der Waals surface area (Å²) in [5, 5.41) is 6.58. The Balaban J connectivity index is 1.35. The van der Waals surface area contributed by atoms with Gasteiger partial charge in [0.05, 0.1) is 0 Å². The summed E-state index contributed by atoms with van der Waals surface area (Å²) in [5.41, 5.74) is 1.82. The Bertz CT molecular complexity index is 765. The number of benzene rings is 2. The molecule has 1 fully saturated rings. The average molecular weight is 386 g/mol. The third-order valence-corrected chi connectivity index (χ3v) is 4.88. The Labute approximate surface area is 164 Å².